The smallest absolute Gasteiger partial charge is 0.306 e. The van der Waals surface area contributed by atoms with E-state index >= 15 is 0 Å². The van der Waals surface area contributed by atoms with Crippen molar-refractivity contribution in [1.29, 1.82) is 0 Å². The molecule has 0 aromatic carbocycles. The van der Waals surface area contributed by atoms with Gasteiger partial charge in [-0.15, -0.1) is 0 Å². The van der Waals surface area contributed by atoms with Gasteiger partial charge in [-0.25, -0.2) is 0 Å². The van der Waals surface area contributed by atoms with E-state index in [0.717, 1.165) is 83.5 Å². The third-order valence-electron chi connectivity index (χ3n) is 10.7. The Morgan fingerprint density at radius 1 is 0.527 bits per heavy atom. The number of aliphatic hydroxyl groups is 2. The lowest BCUT2D eigenvalue weighted by atomic mass is 10.0. The number of nitrogens with one attached hydrogen (secondary N) is 1. The molecule has 1 amide bonds. The molecule has 3 unspecified atom stereocenters. The fraction of sp³-hybridized carbons (Fsp3) is 0.837. The SMILES string of the molecule is CCCCC/C=C\C/C=C\C/C=C\CCCCCCC(CC(=O)NC(CO)C(O)CCCCCCCCCCCC)OC(=O)CCCCCCCCCCC. The number of aliphatic hydroxyl groups excluding tert-OH is 2. The first-order chi connectivity index (χ1) is 27.0. The molecule has 0 fully saturated rings. The molecule has 0 saturated carbocycles. The van der Waals surface area contributed by atoms with Gasteiger partial charge in [0, 0.05) is 6.42 Å². The Hall–Kier alpha value is -1.92. The van der Waals surface area contributed by atoms with E-state index in [-0.39, 0.29) is 24.9 Å². The minimum absolute atomic E-state index is 0.0654. The number of carbonyl (C=O) groups is 2. The largest absolute Gasteiger partial charge is 0.462 e. The van der Waals surface area contributed by atoms with Gasteiger partial charge in [0.1, 0.15) is 6.10 Å². The molecule has 55 heavy (non-hydrogen) atoms. The number of rotatable bonds is 42. The van der Waals surface area contributed by atoms with Gasteiger partial charge in [0.2, 0.25) is 5.91 Å². The molecule has 0 aliphatic rings. The minimum atomic E-state index is -0.789. The summed E-state index contributed by atoms with van der Waals surface area (Å²) in [6, 6.07) is -0.704. The number of hydrogen-bond acceptors (Lipinski definition) is 5. The Balaban J connectivity index is 4.61. The summed E-state index contributed by atoms with van der Waals surface area (Å²) < 4.78 is 5.89. The zero-order valence-electron chi connectivity index (χ0n) is 36.6. The van der Waals surface area contributed by atoms with Gasteiger partial charge >= 0.3 is 5.97 Å². The van der Waals surface area contributed by atoms with Crippen LogP contribution in [0.25, 0.3) is 0 Å². The molecule has 0 aromatic heterocycles. The van der Waals surface area contributed by atoms with E-state index in [1.165, 1.54) is 109 Å². The Labute approximate surface area is 341 Å². The summed E-state index contributed by atoms with van der Waals surface area (Å²) in [5.41, 5.74) is 0. The highest BCUT2D eigenvalue weighted by molar-refractivity contribution is 5.77. The van der Waals surface area contributed by atoms with E-state index in [1.807, 2.05) is 0 Å². The summed E-state index contributed by atoms with van der Waals surface area (Å²) in [4.78, 5) is 26.0. The van der Waals surface area contributed by atoms with E-state index < -0.39 is 18.2 Å². The van der Waals surface area contributed by atoms with Crippen LogP contribution >= 0.6 is 0 Å². The van der Waals surface area contributed by atoms with Crippen molar-refractivity contribution in [2.45, 2.75) is 257 Å². The minimum Gasteiger partial charge on any atom is -0.462 e. The highest BCUT2D eigenvalue weighted by atomic mass is 16.5. The summed E-state index contributed by atoms with van der Waals surface area (Å²) >= 11 is 0. The Kier molecular flexibility index (Phi) is 41.7. The van der Waals surface area contributed by atoms with Crippen LogP contribution < -0.4 is 5.32 Å². The third-order valence-corrected chi connectivity index (χ3v) is 10.7. The molecule has 0 rings (SSSR count). The van der Waals surface area contributed by atoms with Crippen LogP contribution in [0, 0.1) is 0 Å². The van der Waals surface area contributed by atoms with Crippen LogP contribution in [-0.4, -0.2) is 46.9 Å². The molecule has 322 valence electrons. The molecule has 0 radical (unpaired) electrons. The molecule has 0 spiro atoms. The van der Waals surface area contributed by atoms with Gasteiger partial charge in [0.25, 0.3) is 0 Å². The normalized spacial score (nSPS) is 13.6. The van der Waals surface area contributed by atoms with Crippen LogP contribution in [0.5, 0.6) is 0 Å². The van der Waals surface area contributed by atoms with Crippen molar-refractivity contribution in [3.8, 4) is 0 Å². The monoisotopic (exact) mass is 774 g/mol. The zero-order chi connectivity index (χ0) is 40.3. The molecule has 3 atom stereocenters. The summed E-state index contributed by atoms with van der Waals surface area (Å²) in [5, 5.41) is 23.6. The van der Waals surface area contributed by atoms with Gasteiger partial charge < -0.3 is 20.3 Å². The molecule has 3 N–H and O–H groups in total. The first-order valence-corrected chi connectivity index (χ1v) is 23.7. The Morgan fingerprint density at radius 3 is 1.44 bits per heavy atom. The Morgan fingerprint density at radius 2 is 0.927 bits per heavy atom. The average Bonchev–Trinajstić information content (AvgIpc) is 3.18. The fourth-order valence-corrected chi connectivity index (χ4v) is 7.08. The van der Waals surface area contributed by atoms with Crippen molar-refractivity contribution < 1.29 is 24.5 Å². The quantitative estimate of drug-likeness (QED) is 0.0326. The second-order valence-corrected chi connectivity index (χ2v) is 16.2. The van der Waals surface area contributed by atoms with Crippen LogP contribution in [-0.2, 0) is 14.3 Å². The lowest BCUT2D eigenvalue weighted by Crippen LogP contribution is -2.46. The first kappa shape index (κ1) is 53.1. The van der Waals surface area contributed by atoms with Crippen molar-refractivity contribution in [2.75, 3.05) is 6.61 Å². The summed E-state index contributed by atoms with van der Waals surface area (Å²) in [6.07, 6.45) is 49.2. The van der Waals surface area contributed by atoms with Gasteiger partial charge in [-0.1, -0.05) is 198 Å². The molecular formula is C49H91NO5. The Bertz CT molecular complexity index is 915. The van der Waals surface area contributed by atoms with Crippen molar-refractivity contribution in [1.82, 2.24) is 5.32 Å². The molecule has 6 nitrogen and oxygen atoms in total. The lowest BCUT2D eigenvalue weighted by molar-refractivity contribution is -0.151. The number of allylic oxidation sites excluding steroid dienone is 6. The van der Waals surface area contributed by atoms with Crippen molar-refractivity contribution in [3.63, 3.8) is 0 Å². The average molecular weight is 774 g/mol. The molecule has 0 aromatic rings. The highest BCUT2D eigenvalue weighted by Gasteiger charge is 2.24. The number of carbonyl (C=O) groups excluding carboxylic acids is 2. The highest BCUT2D eigenvalue weighted by Crippen LogP contribution is 2.17. The topological polar surface area (TPSA) is 95.9 Å². The van der Waals surface area contributed by atoms with Crippen LogP contribution in [0.1, 0.15) is 239 Å². The van der Waals surface area contributed by atoms with Gasteiger partial charge in [-0.2, -0.15) is 0 Å². The van der Waals surface area contributed by atoms with E-state index in [1.54, 1.807) is 0 Å². The maximum atomic E-state index is 13.1. The third kappa shape index (κ3) is 38.7. The molecule has 0 aliphatic heterocycles. The predicted molar refractivity (Wildman–Crippen MR) is 236 cm³/mol. The molecule has 0 bridgehead atoms. The number of ether oxygens (including phenoxy) is 1. The van der Waals surface area contributed by atoms with Gasteiger partial charge in [-0.3, -0.25) is 9.59 Å². The van der Waals surface area contributed by atoms with Crippen LogP contribution in [0.15, 0.2) is 36.5 Å². The van der Waals surface area contributed by atoms with Crippen molar-refractivity contribution in [2.24, 2.45) is 0 Å². The van der Waals surface area contributed by atoms with Gasteiger partial charge in [0.15, 0.2) is 0 Å². The van der Waals surface area contributed by atoms with E-state index in [0.29, 0.717) is 19.3 Å². The number of esters is 1. The first-order valence-electron chi connectivity index (χ1n) is 23.7. The van der Waals surface area contributed by atoms with Gasteiger partial charge in [0.05, 0.1) is 25.2 Å². The van der Waals surface area contributed by atoms with Crippen molar-refractivity contribution >= 4 is 11.9 Å². The molecule has 0 saturated heterocycles. The summed E-state index contributed by atoms with van der Waals surface area (Å²) in [7, 11) is 0. The number of amides is 1. The van der Waals surface area contributed by atoms with E-state index in [9.17, 15) is 19.8 Å². The van der Waals surface area contributed by atoms with Crippen LogP contribution in [0.2, 0.25) is 0 Å². The molecule has 0 aliphatic carbocycles. The van der Waals surface area contributed by atoms with Crippen molar-refractivity contribution in [3.05, 3.63) is 36.5 Å². The summed E-state index contributed by atoms with van der Waals surface area (Å²) in [6.45, 7) is 6.41. The second kappa shape index (κ2) is 43.2. The molecule has 0 heterocycles. The maximum absolute atomic E-state index is 13.1. The molecular weight excluding hydrogens is 683 g/mol. The summed E-state index contributed by atoms with van der Waals surface area (Å²) in [5.74, 6) is -0.494. The zero-order valence-corrected chi connectivity index (χ0v) is 36.6. The van der Waals surface area contributed by atoms with Crippen LogP contribution in [0.3, 0.4) is 0 Å². The second-order valence-electron chi connectivity index (χ2n) is 16.2. The maximum Gasteiger partial charge on any atom is 0.306 e. The fourth-order valence-electron chi connectivity index (χ4n) is 7.08. The van der Waals surface area contributed by atoms with Gasteiger partial charge in [-0.05, 0) is 64.2 Å². The number of unbranched alkanes of at least 4 members (excludes halogenated alkanes) is 24. The lowest BCUT2D eigenvalue weighted by Gasteiger charge is -2.24. The van der Waals surface area contributed by atoms with E-state index in [2.05, 4.69) is 62.5 Å². The number of hydrogen-bond donors (Lipinski definition) is 3. The van der Waals surface area contributed by atoms with Crippen LogP contribution in [0.4, 0.5) is 0 Å². The van der Waals surface area contributed by atoms with E-state index in [4.69, 9.17) is 4.74 Å². The standard InChI is InChI=1S/C49H91NO5/c1-4-7-10-13-16-19-21-22-23-24-25-26-27-29-31-34-37-40-45(55-49(54)42-39-36-33-28-18-15-12-9-6-3)43-48(53)50-46(44-51)47(52)41-38-35-32-30-20-17-14-11-8-5-2/h16,19,22-23,25-26,45-47,51-52H,4-15,17-18,20-21,24,27-44H2,1-3H3,(H,50,53)/b19-16-,23-22-,26-25-. The predicted octanol–water partition coefficient (Wildman–Crippen LogP) is 13.7. The molecule has 6 heteroatoms.